The standard InChI is InChI=1S/C16H24N2O/c1-19-15-6-3-9-18(12-15)11-14-5-2-4-13-10-17-8-7-16(13)14/h2,4-5,15,17H,3,6-12H2,1H3. The summed E-state index contributed by atoms with van der Waals surface area (Å²) in [7, 11) is 1.84. The zero-order valence-electron chi connectivity index (χ0n) is 11.8. The Morgan fingerprint density at radius 3 is 3.26 bits per heavy atom. The molecule has 1 unspecified atom stereocenters. The molecule has 19 heavy (non-hydrogen) atoms. The average Bonchev–Trinajstić information content (AvgIpc) is 2.48. The second kappa shape index (κ2) is 6.04. The summed E-state index contributed by atoms with van der Waals surface area (Å²) in [6, 6.07) is 6.78. The van der Waals surface area contributed by atoms with E-state index in [1.807, 2.05) is 7.11 Å². The van der Waals surface area contributed by atoms with Gasteiger partial charge in [-0.3, -0.25) is 4.90 Å². The van der Waals surface area contributed by atoms with Gasteiger partial charge in [-0.1, -0.05) is 18.2 Å². The third-order valence-electron chi connectivity index (χ3n) is 4.43. The highest BCUT2D eigenvalue weighted by Gasteiger charge is 2.21. The van der Waals surface area contributed by atoms with Crippen LogP contribution in [0.1, 0.15) is 29.5 Å². The van der Waals surface area contributed by atoms with Gasteiger partial charge in [0.2, 0.25) is 0 Å². The summed E-state index contributed by atoms with van der Waals surface area (Å²) in [5.41, 5.74) is 4.60. The van der Waals surface area contributed by atoms with E-state index >= 15 is 0 Å². The van der Waals surface area contributed by atoms with E-state index in [0.717, 1.165) is 26.2 Å². The van der Waals surface area contributed by atoms with Gasteiger partial charge in [-0.05, 0) is 49.0 Å². The minimum absolute atomic E-state index is 0.426. The van der Waals surface area contributed by atoms with Crippen molar-refractivity contribution < 1.29 is 4.74 Å². The molecule has 104 valence electrons. The minimum Gasteiger partial charge on any atom is -0.380 e. The van der Waals surface area contributed by atoms with E-state index in [9.17, 15) is 0 Å². The molecule has 0 amide bonds. The lowest BCUT2D eigenvalue weighted by molar-refractivity contribution is 0.0284. The van der Waals surface area contributed by atoms with Gasteiger partial charge in [-0.2, -0.15) is 0 Å². The molecule has 0 aliphatic carbocycles. The summed E-state index contributed by atoms with van der Waals surface area (Å²) in [6.07, 6.45) is 4.07. The molecule has 0 saturated carbocycles. The number of ether oxygens (including phenoxy) is 1. The van der Waals surface area contributed by atoms with E-state index in [1.165, 1.54) is 36.9 Å². The summed E-state index contributed by atoms with van der Waals surface area (Å²) >= 11 is 0. The third kappa shape index (κ3) is 2.99. The first-order chi connectivity index (χ1) is 9.36. The summed E-state index contributed by atoms with van der Waals surface area (Å²) in [4.78, 5) is 2.55. The molecule has 1 aromatic rings. The van der Waals surface area contributed by atoms with Crippen LogP contribution in [0.15, 0.2) is 18.2 Å². The van der Waals surface area contributed by atoms with Crippen LogP contribution in [0, 0.1) is 0 Å². The maximum atomic E-state index is 5.52. The van der Waals surface area contributed by atoms with Crippen LogP contribution in [-0.4, -0.2) is 37.7 Å². The van der Waals surface area contributed by atoms with Crippen molar-refractivity contribution in [2.75, 3.05) is 26.7 Å². The zero-order chi connectivity index (χ0) is 13.1. The maximum Gasteiger partial charge on any atom is 0.0698 e. The normalized spacial score (nSPS) is 24.2. The first kappa shape index (κ1) is 13.1. The van der Waals surface area contributed by atoms with Crippen molar-refractivity contribution in [2.45, 2.75) is 38.5 Å². The number of methoxy groups -OCH3 is 1. The topological polar surface area (TPSA) is 24.5 Å². The number of likely N-dealkylation sites (tertiary alicyclic amines) is 1. The number of piperidine rings is 1. The van der Waals surface area contributed by atoms with Crippen molar-refractivity contribution in [3.05, 3.63) is 34.9 Å². The highest BCUT2D eigenvalue weighted by atomic mass is 16.5. The Morgan fingerprint density at radius 1 is 1.42 bits per heavy atom. The lowest BCUT2D eigenvalue weighted by Gasteiger charge is -2.33. The Balaban J connectivity index is 1.72. The summed E-state index contributed by atoms with van der Waals surface area (Å²) < 4.78 is 5.52. The summed E-state index contributed by atoms with van der Waals surface area (Å²) in [5, 5.41) is 3.45. The lowest BCUT2D eigenvalue weighted by atomic mass is 9.94. The Hall–Kier alpha value is -0.900. The van der Waals surface area contributed by atoms with Crippen molar-refractivity contribution in [2.24, 2.45) is 0 Å². The van der Waals surface area contributed by atoms with Gasteiger partial charge in [0.05, 0.1) is 6.10 Å². The van der Waals surface area contributed by atoms with Crippen LogP contribution in [0.5, 0.6) is 0 Å². The predicted octanol–water partition coefficient (Wildman–Crippen LogP) is 1.94. The molecule has 3 rings (SSSR count). The third-order valence-corrected chi connectivity index (χ3v) is 4.43. The summed E-state index contributed by atoms with van der Waals surface area (Å²) in [6.45, 7) is 5.53. The summed E-state index contributed by atoms with van der Waals surface area (Å²) in [5.74, 6) is 0. The molecule has 1 atom stereocenters. The van der Waals surface area contributed by atoms with Gasteiger partial charge >= 0.3 is 0 Å². The van der Waals surface area contributed by atoms with Gasteiger partial charge in [0.15, 0.2) is 0 Å². The minimum atomic E-state index is 0.426. The first-order valence-corrected chi connectivity index (χ1v) is 7.42. The monoisotopic (exact) mass is 260 g/mol. The molecule has 2 aliphatic rings. The Labute approximate surface area is 115 Å². The van der Waals surface area contributed by atoms with Gasteiger partial charge in [0, 0.05) is 26.7 Å². The first-order valence-electron chi connectivity index (χ1n) is 7.42. The van der Waals surface area contributed by atoms with Gasteiger partial charge in [0.1, 0.15) is 0 Å². The number of benzene rings is 1. The Kier molecular flexibility index (Phi) is 4.16. The number of fused-ring (bicyclic) bond motifs is 1. The number of nitrogens with one attached hydrogen (secondary N) is 1. The maximum absolute atomic E-state index is 5.52. The Morgan fingerprint density at radius 2 is 2.37 bits per heavy atom. The van der Waals surface area contributed by atoms with Crippen LogP contribution in [-0.2, 0) is 24.2 Å². The molecule has 2 heterocycles. The van der Waals surface area contributed by atoms with Crippen molar-refractivity contribution in [3.8, 4) is 0 Å². The molecule has 0 spiro atoms. The lowest BCUT2D eigenvalue weighted by Crippen LogP contribution is -2.39. The molecule has 1 aromatic carbocycles. The average molecular weight is 260 g/mol. The van der Waals surface area contributed by atoms with E-state index in [1.54, 1.807) is 5.56 Å². The largest absolute Gasteiger partial charge is 0.380 e. The van der Waals surface area contributed by atoms with Crippen LogP contribution < -0.4 is 5.32 Å². The number of rotatable bonds is 3. The molecule has 1 fully saturated rings. The van der Waals surface area contributed by atoms with Crippen molar-refractivity contribution >= 4 is 0 Å². The molecule has 1 N–H and O–H groups in total. The number of hydrogen-bond acceptors (Lipinski definition) is 3. The molecule has 0 aromatic heterocycles. The SMILES string of the molecule is COC1CCCN(Cc2cccc3c2CCNC3)C1. The highest BCUT2D eigenvalue weighted by Crippen LogP contribution is 2.22. The van der Waals surface area contributed by atoms with E-state index in [-0.39, 0.29) is 0 Å². The van der Waals surface area contributed by atoms with Crippen LogP contribution in [0.4, 0.5) is 0 Å². The van der Waals surface area contributed by atoms with E-state index in [0.29, 0.717) is 6.10 Å². The molecular formula is C16H24N2O. The van der Waals surface area contributed by atoms with Gasteiger partial charge in [0.25, 0.3) is 0 Å². The fourth-order valence-electron chi connectivity index (χ4n) is 3.35. The fraction of sp³-hybridized carbons (Fsp3) is 0.625. The van der Waals surface area contributed by atoms with Crippen molar-refractivity contribution in [3.63, 3.8) is 0 Å². The van der Waals surface area contributed by atoms with Crippen LogP contribution in [0.25, 0.3) is 0 Å². The molecule has 2 aliphatic heterocycles. The molecular weight excluding hydrogens is 236 g/mol. The highest BCUT2D eigenvalue weighted by molar-refractivity contribution is 5.37. The molecule has 1 saturated heterocycles. The second-order valence-electron chi connectivity index (χ2n) is 5.72. The van der Waals surface area contributed by atoms with Gasteiger partial charge < -0.3 is 10.1 Å². The van der Waals surface area contributed by atoms with Crippen LogP contribution in [0.2, 0.25) is 0 Å². The van der Waals surface area contributed by atoms with Crippen molar-refractivity contribution in [1.29, 1.82) is 0 Å². The van der Waals surface area contributed by atoms with Crippen LogP contribution >= 0.6 is 0 Å². The quantitative estimate of drug-likeness (QED) is 0.899. The van der Waals surface area contributed by atoms with Crippen LogP contribution in [0.3, 0.4) is 0 Å². The predicted molar refractivity (Wildman–Crippen MR) is 77.2 cm³/mol. The number of hydrogen-bond donors (Lipinski definition) is 1. The molecule has 0 radical (unpaired) electrons. The van der Waals surface area contributed by atoms with Gasteiger partial charge in [-0.15, -0.1) is 0 Å². The fourth-order valence-corrected chi connectivity index (χ4v) is 3.35. The Bertz CT molecular complexity index is 433. The number of nitrogens with zero attached hydrogens (tertiary/aromatic N) is 1. The molecule has 3 nitrogen and oxygen atoms in total. The van der Waals surface area contributed by atoms with Crippen molar-refractivity contribution in [1.82, 2.24) is 10.2 Å². The molecule has 0 bridgehead atoms. The van der Waals surface area contributed by atoms with E-state index < -0.39 is 0 Å². The van der Waals surface area contributed by atoms with Gasteiger partial charge in [-0.25, -0.2) is 0 Å². The smallest absolute Gasteiger partial charge is 0.0698 e. The van der Waals surface area contributed by atoms with E-state index in [4.69, 9.17) is 4.74 Å². The zero-order valence-corrected chi connectivity index (χ0v) is 11.8. The molecule has 3 heteroatoms. The van der Waals surface area contributed by atoms with E-state index in [2.05, 4.69) is 28.4 Å². The second-order valence-corrected chi connectivity index (χ2v) is 5.72.